The van der Waals surface area contributed by atoms with E-state index < -0.39 is 0 Å². The highest BCUT2D eigenvalue weighted by Gasteiger charge is 2.22. The molecule has 1 aliphatic rings. The Labute approximate surface area is 128 Å². The summed E-state index contributed by atoms with van der Waals surface area (Å²) in [5.74, 6) is 1.16. The Balaban J connectivity index is 2.10. The van der Waals surface area contributed by atoms with Gasteiger partial charge >= 0.3 is 0 Å². The molecule has 0 saturated carbocycles. The number of likely N-dealkylation sites (tertiary alicyclic amines) is 1. The summed E-state index contributed by atoms with van der Waals surface area (Å²) < 4.78 is 5.32. The molecule has 1 heterocycles. The van der Waals surface area contributed by atoms with Crippen molar-refractivity contribution in [2.45, 2.75) is 40.0 Å². The SMILES string of the molecule is COc1ccc(C(=O)C(C)CN2CCCCC2)c(C)c1C. The molecule has 1 fully saturated rings. The van der Waals surface area contributed by atoms with Gasteiger partial charge in [0.25, 0.3) is 0 Å². The summed E-state index contributed by atoms with van der Waals surface area (Å²) in [6.07, 6.45) is 3.86. The molecule has 0 amide bonds. The van der Waals surface area contributed by atoms with Crippen molar-refractivity contribution in [3.63, 3.8) is 0 Å². The number of benzene rings is 1. The number of carbonyl (C=O) groups is 1. The van der Waals surface area contributed by atoms with Crippen LogP contribution in [0, 0.1) is 19.8 Å². The van der Waals surface area contributed by atoms with E-state index in [1.807, 2.05) is 26.0 Å². The third-order valence-electron chi connectivity index (χ3n) is 4.65. The van der Waals surface area contributed by atoms with Crippen LogP contribution in [0.4, 0.5) is 0 Å². The Morgan fingerprint density at radius 2 is 1.86 bits per heavy atom. The maximum absolute atomic E-state index is 12.7. The zero-order valence-electron chi connectivity index (χ0n) is 13.7. The van der Waals surface area contributed by atoms with Crippen LogP contribution in [0.1, 0.15) is 47.7 Å². The molecule has 0 spiro atoms. The topological polar surface area (TPSA) is 29.5 Å². The fourth-order valence-electron chi connectivity index (χ4n) is 3.16. The third kappa shape index (κ3) is 3.65. The van der Waals surface area contributed by atoms with Gasteiger partial charge in [0, 0.05) is 18.0 Å². The first-order valence-corrected chi connectivity index (χ1v) is 7.95. The summed E-state index contributed by atoms with van der Waals surface area (Å²) in [6, 6.07) is 3.82. The van der Waals surface area contributed by atoms with Crippen LogP contribution >= 0.6 is 0 Å². The molecule has 1 unspecified atom stereocenters. The molecule has 1 saturated heterocycles. The number of Topliss-reactive ketones (excluding diaryl/α,β-unsaturated/α-hetero) is 1. The van der Waals surface area contributed by atoms with Gasteiger partial charge in [0.05, 0.1) is 7.11 Å². The van der Waals surface area contributed by atoms with Crippen LogP contribution in [0.2, 0.25) is 0 Å². The van der Waals surface area contributed by atoms with E-state index in [9.17, 15) is 4.79 Å². The van der Waals surface area contributed by atoms with Crippen molar-refractivity contribution in [1.82, 2.24) is 4.90 Å². The second-order valence-corrected chi connectivity index (χ2v) is 6.19. The molecule has 0 radical (unpaired) electrons. The van der Waals surface area contributed by atoms with Gasteiger partial charge in [-0.25, -0.2) is 0 Å². The predicted octanol–water partition coefficient (Wildman–Crippen LogP) is 3.62. The Morgan fingerprint density at radius 3 is 2.48 bits per heavy atom. The number of ether oxygens (including phenoxy) is 1. The minimum atomic E-state index is 0.0506. The minimum absolute atomic E-state index is 0.0506. The van der Waals surface area contributed by atoms with Gasteiger partial charge in [0.1, 0.15) is 5.75 Å². The molecule has 0 bridgehead atoms. The summed E-state index contributed by atoms with van der Waals surface area (Å²) in [7, 11) is 1.67. The molecule has 21 heavy (non-hydrogen) atoms. The van der Waals surface area contributed by atoms with Crippen LogP contribution in [0.5, 0.6) is 5.75 Å². The molecule has 1 atom stereocenters. The summed E-state index contributed by atoms with van der Waals surface area (Å²) in [4.78, 5) is 15.2. The van der Waals surface area contributed by atoms with E-state index >= 15 is 0 Å². The smallest absolute Gasteiger partial charge is 0.167 e. The lowest BCUT2D eigenvalue weighted by molar-refractivity contribution is 0.0883. The second kappa shape index (κ2) is 7.08. The van der Waals surface area contributed by atoms with Gasteiger partial charge in [-0.3, -0.25) is 4.79 Å². The zero-order valence-corrected chi connectivity index (χ0v) is 13.7. The van der Waals surface area contributed by atoms with Gasteiger partial charge in [-0.2, -0.15) is 0 Å². The fourth-order valence-corrected chi connectivity index (χ4v) is 3.16. The van der Waals surface area contributed by atoms with Gasteiger partial charge in [0.2, 0.25) is 0 Å². The molecule has 3 nitrogen and oxygen atoms in total. The maximum atomic E-state index is 12.7. The van der Waals surface area contributed by atoms with E-state index in [4.69, 9.17) is 4.74 Å². The highest BCUT2D eigenvalue weighted by molar-refractivity contribution is 5.99. The van der Waals surface area contributed by atoms with Crippen molar-refractivity contribution in [1.29, 1.82) is 0 Å². The van der Waals surface area contributed by atoms with Crippen molar-refractivity contribution in [3.05, 3.63) is 28.8 Å². The lowest BCUT2D eigenvalue weighted by Gasteiger charge is -2.28. The quantitative estimate of drug-likeness (QED) is 0.775. The lowest BCUT2D eigenvalue weighted by atomic mass is 9.92. The van der Waals surface area contributed by atoms with Crippen LogP contribution < -0.4 is 4.74 Å². The molecule has 0 aliphatic carbocycles. The van der Waals surface area contributed by atoms with E-state index in [1.54, 1.807) is 7.11 Å². The molecule has 2 rings (SSSR count). The van der Waals surface area contributed by atoms with Gasteiger partial charge in [-0.1, -0.05) is 13.3 Å². The minimum Gasteiger partial charge on any atom is -0.496 e. The molecule has 116 valence electrons. The van der Waals surface area contributed by atoms with Crippen molar-refractivity contribution in [2.24, 2.45) is 5.92 Å². The van der Waals surface area contributed by atoms with Crippen molar-refractivity contribution >= 4 is 5.78 Å². The number of methoxy groups -OCH3 is 1. The van der Waals surface area contributed by atoms with Crippen LogP contribution in [-0.2, 0) is 0 Å². The molecule has 1 aliphatic heterocycles. The van der Waals surface area contributed by atoms with Crippen LogP contribution in [0.25, 0.3) is 0 Å². The number of rotatable bonds is 5. The first kappa shape index (κ1) is 16.0. The van der Waals surface area contributed by atoms with Crippen LogP contribution in [0.3, 0.4) is 0 Å². The highest BCUT2D eigenvalue weighted by Crippen LogP contribution is 2.26. The number of nitrogens with zero attached hydrogens (tertiary/aromatic N) is 1. The normalized spacial score (nSPS) is 17.5. The van der Waals surface area contributed by atoms with Crippen LogP contribution in [-0.4, -0.2) is 37.4 Å². The molecular formula is C18H27NO2. The first-order valence-electron chi connectivity index (χ1n) is 7.95. The number of hydrogen-bond donors (Lipinski definition) is 0. The Kier molecular flexibility index (Phi) is 5.40. The average molecular weight is 289 g/mol. The average Bonchev–Trinajstić information content (AvgIpc) is 2.50. The number of piperidine rings is 1. The Hall–Kier alpha value is -1.35. The van der Waals surface area contributed by atoms with Crippen molar-refractivity contribution in [2.75, 3.05) is 26.7 Å². The fraction of sp³-hybridized carbons (Fsp3) is 0.611. The van der Waals surface area contributed by atoms with Crippen LogP contribution in [0.15, 0.2) is 12.1 Å². The monoisotopic (exact) mass is 289 g/mol. The van der Waals surface area contributed by atoms with Gasteiger partial charge in [0.15, 0.2) is 5.78 Å². The van der Waals surface area contributed by atoms with E-state index in [2.05, 4.69) is 11.8 Å². The van der Waals surface area contributed by atoms with Gasteiger partial charge in [-0.15, -0.1) is 0 Å². The number of ketones is 1. The van der Waals surface area contributed by atoms with E-state index in [-0.39, 0.29) is 11.7 Å². The zero-order chi connectivity index (χ0) is 15.4. The predicted molar refractivity (Wildman–Crippen MR) is 86.3 cm³/mol. The first-order chi connectivity index (χ1) is 10.0. The Morgan fingerprint density at radius 1 is 1.19 bits per heavy atom. The molecular weight excluding hydrogens is 262 g/mol. The van der Waals surface area contributed by atoms with E-state index in [1.165, 1.54) is 19.3 Å². The maximum Gasteiger partial charge on any atom is 0.167 e. The summed E-state index contributed by atoms with van der Waals surface area (Å²) in [5, 5.41) is 0. The highest BCUT2D eigenvalue weighted by atomic mass is 16.5. The Bertz CT molecular complexity index is 504. The largest absolute Gasteiger partial charge is 0.496 e. The summed E-state index contributed by atoms with van der Waals surface area (Å²) in [5.41, 5.74) is 2.95. The molecule has 1 aromatic rings. The van der Waals surface area contributed by atoms with Crippen molar-refractivity contribution in [3.8, 4) is 5.75 Å². The second-order valence-electron chi connectivity index (χ2n) is 6.19. The standard InChI is InChI=1S/C18H27NO2/c1-13(12-19-10-6-5-7-11-19)18(20)16-8-9-17(21-4)15(3)14(16)2/h8-9,13H,5-7,10-12H2,1-4H3. The number of hydrogen-bond acceptors (Lipinski definition) is 3. The summed E-state index contributed by atoms with van der Waals surface area (Å²) >= 11 is 0. The number of carbonyl (C=O) groups excluding carboxylic acids is 1. The molecule has 0 aromatic heterocycles. The van der Waals surface area contributed by atoms with Crippen molar-refractivity contribution < 1.29 is 9.53 Å². The third-order valence-corrected chi connectivity index (χ3v) is 4.65. The molecule has 1 aromatic carbocycles. The summed E-state index contributed by atoms with van der Waals surface area (Å²) in [6.45, 7) is 9.23. The van der Waals surface area contributed by atoms with Gasteiger partial charge in [-0.05, 0) is 63.0 Å². The van der Waals surface area contributed by atoms with E-state index in [0.29, 0.717) is 0 Å². The molecule has 0 N–H and O–H groups in total. The molecule has 3 heteroatoms. The lowest BCUT2D eigenvalue weighted by Crippen LogP contribution is -2.36. The van der Waals surface area contributed by atoms with Gasteiger partial charge < -0.3 is 9.64 Å². The van der Waals surface area contributed by atoms with E-state index in [0.717, 1.165) is 42.1 Å².